The number of ether oxygens (including phenoxy) is 1. The maximum Gasteiger partial charge on any atom is 0.251 e. The normalized spacial score (nSPS) is 17.5. The Kier molecular flexibility index (Phi) is 7.88. The van der Waals surface area contributed by atoms with Crippen LogP contribution < -0.4 is 10.6 Å². The highest BCUT2D eigenvalue weighted by molar-refractivity contribution is 5.97. The van der Waals surface area contributed by atoms with Gasteiger partial charge in [-0.05, 0) is 18.1 Å². The number of carbonyl (C=O) groups is 2. The first kappa shape index (κ1) is 19.4. The van der Waals surface area contributed by atoms with Crippen molar-refractivity contribution in [2.75, 3.05) is 39.4 Å². The summed E-state index contributed by atoms with van der Waals surface area (Å²) in [6, 6.07) is 8.47. The highest BCUT2D eigenvalue weighted by atomic mass is 16.5. The van der Waals surface area contributed by atoms with Crippen LogP contribution in [0.5, 0.6) is 0 Å². The summed E-state index contributed by atoms with van der Waals surface area (Å²) in [4.78, 5) is 27.2. The van der Waals surface area contributed by atoms with E-state index in [1.165, 1.54) is 0 Å². The predicted molar refractivity (Wildman–Crippen MR) is 97.4 cm³/mol. The van der Waals surface area contributed by atoms with Crippen molar-refractivity contribution in [3.05, 3.63) is 35.9 Å². The number of carbonyl (C=O) groups excluding carboxylic acids is 2. The van der Waals surface area contributed by atoms with Crippen LogP contribution in [0.2, 0.25) is 0 Å². The lowest BCUT2D eigenvalue weighted by Crippen LogP contribution is -2.51. The minimum Gasteiger partial charge on any atom is -0.379 e. The van der Waals surface area contributed by atoms with Gasteiger partial charge in [0.05, 0.1) is 13.2 Å². The largest absolute Gasteiger partial charge is 0.379 e. The third kappa shape index (κ3) is 6.14. The van der Waals surface area contributed by atoms with Crippen molar-refractivity contribution in [3.8, 4) is 0 Å². The van der Waals surface area contributed by atoms with Crippen LogP contribution in [-0.4, -0.2) is 62.1 Å². The van der Waals surface area contributed by atoms with E-state index < -0.39 is 6.04 Å². The first-order valence-corrected chi connectivity index (χ1v) is 9.05. The molecule has 1 heterocycles. The number of benzene rings is 1. The lowest BCUT2D eigenvalue weighted by Gasteiger charge is -2.27. The highest BCUT2D eigenvalue weighted by Gasteiger charge is 2.26. The minimum atomic E-state index is -0.526. The topological polar surface area (TPSA) is 70.7 Å². The second kappa shape index (κ2) is 10.2. The van der Waals surface area contributed by atoms with Crippen LogP contribution in [0.1, 0.15) is 30.6 Å². The Morgan fingerprint density at radius 3 is 2.52 bits per heavy atom. The van der Waals surface area contributed by atoms with Crippen molar-refractivity contribution in [2.45, 2.75) is 26.3 Å². The van der Waals surface area contributed by atoms with Crippen LogP contribution in [0.25, 0.3) is 0 Å². The molecular formula is C19H29N3O3. The molecule has 0 aromatic heterocycles. The minimum absolute atomic E-state index is 0.0658. The van der Waals surface area contributed by atoms with Gasteiger partial charge in [-0.3, -0.25) is 14.5 Å². The quantitative estimate of drug-likeness (QED) is 0.743. The molecule has 0 aliphatic carbocycles. The molecular weight excluding hydrogens is 318 g/mol. The predicted octanol–water partition coefficient (Wildman–Crippen LogP) is 1.28. The van der Waals surface area contributed by atoms with E-state index in [4.69, 9.17) is 4.74 Å². The van der Waals surface area contributed by atoms with Gasteiger partial charge in [0.25, 0.3) is 5.91 Å². The van der Waals surface area contributed by atoms with E-state index in [1.54, 1.807) is 12.1 Å². The third-order valence-corrected chi connectivity index (χ3v) is 4.65. The van der Waals surface area contributed by atoms with Gasteiger partial charge in [0.15, 0.2) is 0 Å². The number of nitrogens with zero attached hydrogens (tertiary/aromatic N) is 1. The van der Waals surface area contributed by atoms with Crippen LogP contribution in [0.3, 0.4) is 0 Å². The van der Waals surface area contributed by atoms with E-state index in [-0.39, 0.29) is 17.7 Å². The van der Waals surface area contributed by atoms with Gasteiger partial charge in [-0.1, -0.05) is 38.5 Å². The monoisotopic (exact) mass is 347 g/mol. The number of morpholine rings is 1. The fraction of sp³-hybridized carbons (Fsp3) is 0.579. The number of rotatable bonds is 8. The lowest BCUT2D eigenvalue weighted by molar-refractivity contribution is -0.124. The van der Waals surface area contributed by atoms with Gasteiger partial charge in [-0.15, -0.1) is 0 Å². The lowest BCUT2D eigenvalue weighted by atomic mass is 9.98. The molecule has 0 bridgehead atoms. The number of amides is 2. The SMILES string of the molecule is CC[C@H](C)C(NC(=O)c1ccccc1)C(=O)NCCN1CCOCC1. The smallest absolute Gasteiger partial charge is 0.251 e. The maximum atomic E-state index is 12.6. The Morgan fingerprint density at radius 1 is 1.20 bits per heavy atom. The van der Waals surface area contributed by atoms with Gasteiger partial charge >= 0.3 is 0 Å². The molecule has 138 valence electrons. The molecule has 2 rings (SSSR count). The Balaban J connectivity index is 1.87. The van der Waals surface area contributed by atoms with Gasteiger partial charge in [-0.25, -0.2) is 0 Å². The Morgan fingerprint density at radius 2 is 1.88 bits per heavy atom. The maximum absolute atomic E-state index is 12.6. The van der Waals surface area contributed by atoms with E-state index in [2.05, 4.69) is 15.5 Å². The van der Waals surface area contributed by atoms with Crippen LogP contribution in [0.15, 0.2) is 30.3 Å². The van der Waals surface area contributed by atoms with Gasteiger partial charge in [0, 0.05) is 31.7 Å². The summed E-state index contributed by atoms with van der Waals surface area (Å²) in [5, 5.41) is 5.85. The second-order valence-corrected chi connectivity index (χ2v) is 6.45. The zero-order valence-electron chi connectivity index (χ0n) is 15.2. The standard InChI is InChI=1S/C19H29N3O3/c1-3-15(2)17(21-18(23)16-7-5-4-6-8-16)19(24)20-9-10-22-11-13-25-14-12-22/h4-8,15,17H,3,9-14H2,1-2H3,(H,20,24)(H,21,23)/t15-,17?/m0/s1. The Hall–Kier alpha value is -1.92. The van der Waals surface area contributed by atoms with Gasteiger partial charge in [-0.2, -0.15) is 0 Å². The first-order valence-electron chi connectivity index (χ1n) is 9.05. The molecule has 25 heavy (non-hydrogen) atoms. The van der Waals surface area contributed by atoms with Crippen LogP contribution >= 0.6 is 0 Å². The van der Waals surface area contributed by atoms with Crippen molar-refractivity contribution < 1.29 is 14.3 Å². The molecule has 0 saturated carbocycles. The zero-order chi connectivity index (χ0) is 18.1. The molecule has 0 spiro atoms. The summed E-state index contributed by atoms with van der Waals surface area (Å²) in [7, 11) is 0. The number of hydrogen-bond donors (Lipinski definition) is 2. The summed E-state index contributed by atoms with van der Waals surface area (Å²) >= 11 is 0. The molecule has 6 heteroatoms. The fourth-order valence-corrected chi connectivity index (χ4v) is 2.79. The van der Waals surface area contributed by atoms with Gasteiger partial charge in [0.2, 0.25) is 5.91 Å². The molecule has 2 amide bonds. The molecule has 2 N–H and O–H groups in total. The molecule has 1 fully saturated rings. The molecule has 1 aromatic rings. The van der Waals surface area contributed by atoms with Crippen LogP contribution in [0.4, 0.5) is 0 Å². The van der Waals surface area contributed by atoms with E-state index in [0.717, 1.165) is 39.3 Å². The highest BCUT2D eigenvalue weighted by Crippen LogP contribution is 2.09. The van der Waals surface area contributed by atoms with E-state index in [9.17, 15) is 9.59 Å². The number of nitrogens with one attached hydrogen (secondary N) is 2. The Labute approximate surface area is 149 Å². The number of hydrogen-bond acceptors (Lipinski definition) is 4. The van der Waals surface area contributed by atoms with Crippen LogP contribution in [-0.2, 0) is 9.53 Å². The first-order chi connectivity index (χ1) is 12.1. The molecule has 1 aromatic carbocycles. The molecule has 2 atom stereocenters. The van der Waals surface area contributed by atoms with Gasteiger partial charge in [0.1, 0.15) is 6.04 Å². The summed E-state index contributed by atoms with van der Waals surface area (Å²) in [6.07, 6.45) is 0.816. The van der Waals surface area contributed by atoms with E-state index >= 15 is 0 Å². The second-order valence-electron chi connectivity index (χ2n) is 6.45. The zero-order valence-corrected chi connectivity index (χ0v) is 15.2. The van der Waals surface area contributed by atoms with Gasteiger partial charge < -0.3 is 15.4 Å². The molecule has 1 saturated heterocycles. The average Bonchev–Trinajstić information content (AvgIpc) is 2.66. The average molecular weight is 347 g/mol. The molecule has 1 aliphatic heterocycles. The summed E-state index contributed by atoms with van der Waals surface area (Å²) in [5.74, 6) is -0.267. The summed E-state index contributed by atoms with van der Waals surface area (Å²) in [6.45, 7) is 8.67. The van der Waals surface area contributed by atoms with E-state index in [0.29, 0.717) is 12.1 Å². The van der Waals surface area contributed by atoms with Crippen molar-refractivity contribution in [1.82, 2.24) is 15.5 Å². The molecule has 0 radical (unpaired) electrons. The molecule has 6 nitrogen and oxygen atoms in total. The van der Waals surface area contributed by atoms with Crippen molar-refractivity contribution >= 4 is 11.8 Å². The Bertz CT molecular complexity index is 544. The fourth-order valence-electron chi connectivity index (χ4n) is 2.79. The van der Waals surface area contributed by atoms with Crippen molar-refractivity contribution in [3.63, 3.8) is 0 Å². The molecule has 1 aliphatic rings. The van der Waals surface area contributed by atoms with E-state index in [1.807, 2.05) is 32.0 Å². The van der Waals surface area contributed by atoms with Crippen LogP contribution in [0, 0.1) is 5.92 Å². The summed E-state index contributed by atoms with van der Waals surface area (Å²) < 4.78 is 5.32. The van der Waals surface area contributed by atoms with Crippen molar-refractivity contribution in [2.24, 2.45) is 5.92 Å². The van der Waals surface area contributed by atoms with Crippen molar-refractivity contribution in [1.29, 1.82) is 0 Å². The molecule has 1 unspecified atom stereocenters. The summed E-state index contributed by atoms with van der Waals surface area (Å²) in [5.41, 5.74) is 0.567. The third-order valence-electron chi connectivity index (χ3n) is 4.65.